The van der Waals surface area contributed by atoms with Gasteiger partial charge in [-0.1, -0.05) is 171 Å². The lowest BCUT2D eigenvalue weighted by Gasteiger charge is -2.35. The molecule has 1 aliphatic carbocycles. The Hall–Kier alpha value is -5.72. The van der Waals surface area contributed by atoms with E-state index in [1.165, 1.54) is 70.9 Å². The second-order valence-corrected chi connectivity index (χ2v) is 14.2. The van der Waals surface area contributed by atoms with E-state index in [1.807, 2.05) is 12.1 Å². The lowest BCUT2D eigenvalue weighted by molar-refractivity contribution is 0.645. The van der Waals surface area contributed by atoms with Crippen molar-refractivity contribution in [1.29, 1.82) is 0 Å². The Morgan fingerprint density at radius 3 is 1.92 bits per heavy atom. The van der Waals surface area contributed by atoms with E-state index in [9.17, 15) is 0 Å². The van der Waals surface area contributed by atoms with E-state index in [-0.39, 0.29) is 41.2 Å². The van der Waals surface area contributed by atoms with Crippen LogP contribution in [0.4, 0.5) is 0 Å². The summed E-state index contributed by atoms with van der Waals surface area (Å²) in [5.74, 6) is 0. The molecule has 0 saturated heterocycles. The summed E-state index contributed by atoms with van der Waals surface area (Å²) < 4.78 is 42.9. The number of fused-ring (bicyclic) bond motifs is 2. The normalized spacial score (nSPS) is 14.9. The lowest BCUT2D eigenvalue weighted by atomic mass is 9.68. The van der Waals surface area contributed by atoms with Crippen LogP contribution in [0.25, 0.3) is 65.3 Å². The van der Waals surface area contributed by atoms with Crippen molar-refractivity contribution >= 4 is 43.1 Å². The van der Waals surface area contributed by atoms with Gasteiger partial charge in [0, 0.05) is 5.41 Å². The predicted octanol–water partition coefficient (Wildman–Crippen LogP) is 12.9. The minimum Gasteiger partial charge on any atom is -0.0622 e. The van der Waals surface area contributed by atoms with E-state index >= 15 is 0 Å². The molecule has 232 valence electrons. The molecule has 9 aromatic rings. The molecule has 0 bridgehead atoms. The summed E-state index contributed by atoms with van der Waals surface area (Å²) in [5.41, 5.74) is 10.3. The van der Waals surface area contributed by atoms with Gasteiger partial charge < -0.3 is 0 Å². The largest absolute Gasteiger partial charge is 0.0629 e. The highest BCUT2D eigenvalue weighted by Crippen LogP contribution is 2.49. The van der Waals surface area contributed by atoms with Gasteiger partial charge in [-0.25, -0.2) is 0 Å². The molecule has 0 heterocycles. The zero-order valence-electron chi connectivity index (χ0n) is 32.5. The zero-order valence-corrected chi connectivity index (χ0v) is 27.5. The van der Waals surface area contributed by atoms with Crippen molar-refractivity contribution in [2.75, 3.05) is 0 Å². The molecule has 0 N–H and O–H groups in total. The van der Waals surface area contributed by atoms with Gasteiger partial charge in [-0.2, -0.15) is 0 Å². The molecule has 49 heavy (non-hydrogen) atoms. The third kappa shape index (κ3) is 4.44. The fraction of sp³-hybridized carbons (Fsp3) is 0.102. The summed E-state index contributed by atoms with van der Waals surface area (Å²) >= 11 is 0. The summed E-state index contributed by atoms with van der Waals surface area (Å²) in [5, 5.41) is 9.96. The summed E-state index contributed by atoms with van der Waals surface area (Å²) in [6.07, 6.45) is 1.26. The Morgan fingerprint density at radius 1 is 0.469 bits per heavy atom. The smallest absolute Gasteiger partial charge is 0.0622 e. The van der Waals surface area contributed by atoms with E-state index in [0.717, 1.165) is 16.7 Å². The molecule has 0 aromatic heterocycles. The van der Waals surface area contributed by atoms with Crippen LogP contribution < -0.4 is 0 Å². The summed E-state index contributed by atoms with van der Waals surface area (Å²) in [6.45, 7) is 4.62. The summed E-state index contributed by atoms with van der Waals surface area (Å²) in [7, 11) is 0. The van der Waals surface area contributed by atoms with Crippen molar-refractivity contribution in [1.82, 2.24) is 0 Å². The average molecular weight is 630 g/mol. The maximum atomic E-state index is 8.87. The molecule has 0 atom stereocenters. The lowest BCUT2D eigenvalue weighted by Crippen LogP contribution is -2.23. The fourth-order valence-corrected chi connectivity index (χ4v) is 8.61. The van der Waals surface area contributed by atoms with Crippen LogP contribution >= 0.6 is 0 Å². The quantitative estimate of drug-likeness (QED) is 0.166. The molecule has 9 aromatic carbocycles. The van der Waals surface area contributed by atoms with Crippen molar-refractivity contribution in [3.63, 3.8) is 0 Å². The minimum absolute atomic E-state index is 0.156. The van der Waals surface area contributed by atoms with Crippen LogP contribution in [0.3, 0.4) is 0 Å². The highest BCUT2D eigenvalue weighted by Gasteiger charge is 2.33. The molecule has 0 heteroatoms. The third-order valence-corrected chi connectivity index (χ3v) is 10.9. The van der Waals surface area contributed by atoms with Crippen molar-refractivity contribution < 1.29 is 6.85 Å². The van der Waals surface area contributed by atoms with Gasteiger partial charge in [-0.05, 0) is 112 Å². The third-order valence-electron chi connectivity index (χ3n) is 10.9. The van der Waals surface area contributed by atoms with Crippen LogP contribution in [0, 0.1) is 0 Å². The molecule has 0 fully saturated rings. The van der Waals surface area contributed by atoms with Gasteiger partial charge in [-0.15, -0.1) is 0 Å². The van der Waals surface area contributed by atoms with Gasteiger partial charge in [-0.3, -0.25) is 0 Å². The molecule has 0 nitrogen and oxygen atoms in total. The number of benzene rings is 9. The first-order chi connectivity index (χ1) is 26.1. The molecule has 0 radical (unpaired) electrons. The first kappa shape index (κ1) is 23.6. The van der Waals surface area contributed by atoms with Crippen molar-refractivity contribution in [2.45, 2.75) is 32.1 Å². The average Bonchev–Trinajstić information content (AvgIpc) is 3.18. The van der Waals surface area contributed by atoms with Crippen LogP contribution in [0.15, 0.2) is 158 Å². The monoisotopic (exact) mass is 629 g/mol. The molecular formula is C49H36. The van der Waals surface area contributed by atoms with E-state index in [1.54, 1.807) is 0 Å². The molecular weight excluding hydrogens is 589 g/mol. The highest BCUT2D eigenvalue weighted by atomic mass is 14.4. The molecule has 1 aliphatic rings. The number of hydrogen-bond acceptors (Lipinski definition) is 0. The molecule has 0 unspecified atom stereocenters. The zero-order chi connectivity index (χ0) is 37.0. The van der Waals surface area contributed by atoms with Crippen molar-refractivity contribution in [3.8, 4) is 22.3 Å². The van der Waals surface area contributed by atoms with E-state index in [2.05, 4.69) is 129 Å². The van der Waals surface area contributed by atoms with E-state index < -0.39 is 0 Å². The van der Waals surface area contributed by atoms with Crippen molar-refractivity contribution in [3.05, 3.63) is 191 Å². The Labute approximate surface area is 294 Å². The summed E-state index contributed by atoms with van der Waals surface area (Å²) in [6, 6.07) is 44.6. The standard InChI is InChI=1S/C49H36/c1-49(2)44-24-17-31(30-43(44)42-15-7-13-35-14-8-16-45(49)47(35)42)25-32-26-33(29-40(28-32)34-9-4-3-5-10-34)27-39-21-20-38-19-18-36-11-6-12-37-22-23-41(39)48(38)46(36)37/h3-24,26,28-30H,25,27H2,1-2H3/i3D,4D,5D,9D,10D. The van der Waals surface area contributed by atoms with E-state index in [0.29, 0.717) is 18.4 Å². The Morgan fingerprint density at radius 2 is 1.12 bits per heavy atom. The molecule has 10 rings (SSSR count). The van der Waals surface area contributed by atoms with Crippen LogP contribution in [-0.2, 0) is 18.3 Å². The Kier molecular flexibility index (Phi) is 5.12. The maximum absolute atomic E-state index is 8.87. The Bertz CT molecular complexity index is 2980. The number of rotatable bonds is 5. The van der Waals surface area contributed by atoms with Crippen molar-refractivity contribution in [2.24, 2.45) is 0 Å². The van der Waals surface area contributed by atoms with Crippen LogP contribution in [0.1, 0.15) is 54.1 Å². The summed E-state index contributed by atoms with van der Waals surface area (Å²) in [4.78, 5) is 0. The molecule has 0 amide bonds. The van der Waals surface area contributed by atoms with Gasteiger partial charge in [0.25, 0.3) is 0 Å². The van der Waals surface area contributed by atoms with Gasteiger partial charge in [0.2, 0.25) is 0 Å². The second kappa shape index (κ2) is 10.6. The minimum atomic E-state index is -0.382. The molecule has 0 aliphatic heterocycles. The van der Waals surface area contributed by atoms with Crippen LogP contribution in [0.2, 0.25) is 0 Å². The van der Waals surface area contributed by atoms with E-state index in [4.69, 9.17) is 6.85 Å². The fourth-order valence-electron chi connectivity index (χ4n) is 8.61. The second-order valence-electron chi connectivity index (χ2n) is 14.2. The molecule has 0 saturated carbocycles. The topological polar surface area (TPSA) is 0 Å². The first-order valence-electron chi connectivity index (χ1n) is 19.6. The Balaban J connectivity index is 1.13. The van der Waals surface area contributed by atoms with Gasteiger partial charge >= 0.3 is 0 Å². The van der Waals surface area contributed by atoms with Gasteiger partial charge in [0.1, 0.15) is 0 Å². The molecule has 0 spiro atoms. The van der Waals surface area contributed by atoms with Crippen LogP contribution in [-0.4, -0.2) is 0 Å². The van der Waals surface area contributed by atoms with Gasteiger partial charge in [0.15, 0.2) is 0 Å². The van der Waals surface area contributed by atoms with Gasteiger partial charge in [0.05, 0.1) is 6.85 Å². The highest BCUT2D eigenvalue weighted by molar-refractivity contribution is 6.23. The van der Waals surface area contributed by atoms with Crippen LogP contribution in [0.5, 0.6) is 0 Å². The maximum Gasteiger partial charge on any atom is 0.0629 e. The predicted molar refractivity (Wildman–Crippen MR) is 209 cm³/mol. The number of hydrogen-bond donors (Lipinski definition) is 0. The first-order valence-corrected chi connectivity index (χ1v) is 17.1. The SMILES string of the molecule is [2H]c1c([2H])c([2H])c(-c2cc(Cc3ccc4c(c3)-c3cccc5cccc(c35)C4(C)C)cc(Cc3ccc4ccc5cccc6ccc3c4c56)c2)c([2H])c1[2H].